The average Bonchev–Trinajstić information content (AvgIpc) is 2.29. The summed E-state index contributed by atoms with van der Waals surface area (Å²) in [6.07, 6.45) is -2.63. The van der Waals surface area contributed by atoms with Gasteiger partial charge in [0.25, 0.3) is 0 Å². The topological polar surface area (TPSA) is 26.3 Å². The molecule has 0 fully saturated rings. The van der Waals surface area contributed by atoms with E-state index >= 15 is 0 Å². The van der Waals surface area contributed by atoms with Crippen molar-refractivity contribution in [2.45, 2.75) is 25.9 Å². The molecule has 1 aromatic rings. The third kappa shape index (κ3) is 3.63. The first kappa shape index (κ1) is 14.8. The fraction of sp³-hybridized carbons (Fsp3) is 0.417. The minimum Gasteiger partial charge on any atom is -0.491 e. The van der Waals surface area contributed by atoms with Gasteiger partial charge in [-0.15, -0.1) is 0 Å². The van der Waals surface area contributed by atoms with Crippen molar-refractivity contribution in [3.63, 3.8) is 0 Å². The summed E-state index contributed by atoms with van der Waals surface area (Å²) < 4.78 is 42.8. The van der Waals surface area contributed by atoms with Crippen molar-refractivity contribution in [3.8, 4) is 5.75 Å². The zero-order valence-electron chi connectivity index (χ0n) is 9.68. The molecular formula is C12H12ClF3O2. The number of carbonyl (C=O) groups excluding carboxylic acids is 1. The Morgan fingerprint density at radius 3 is 2.56 bits per heavy atom. The predicted octanol–water partition coefficient (Wildman–Crippen LogP) is 4.35. The molecule has 0 aliphatic heterocycles. The van der Waals surface area contributed by atoms with Crippen LogP contribution in [0, 0.1) is 0 Å². The Morgan fingerprint density at radius 1 is 1.39 bits per heavy atom. The minimum atomic E-state index is -4.54. The Balaban J connectivity index is 3.08. The van der Waals surface area contributed by atoms with Gasteiger partial charge >= 0.3 is 6.18 Å². The van der Waals surface area contributed by atoms with Gasteiger partial charge in [-0.1, -0.05) is 24.9 Å². The molecule has 0 radical (unpaired) electrons. The van der Waals surface area contributed by atoms with Crippen molar-refractivity contribution in [1.29, 1.82) is 0 Å². The van der Waals surface area contributed by atoms with E-state index in [0.717, 1.165) is 25.0 Å². The first-order chi connectivity index (χ1) is 8.40. The van der Waals surface area contributed by atoms with Crippen LogP contribution in [0.1, 0.15) is 35.7 Å². The maximum absolute atomic E-state index is 12.5. The molecule has 2 nitrogen and oxygen atoms in total. The molecule has 18 heavy (non-hydrogen) atoms. The van der Waals surface area contributed by atoms with Gasteiger partial charge in [0.05, 0.1) is 22.8 Å². The molecular weight excluding hydrogens is 269 g/mol. The van der Waals surface area contributed by atoms with E-state index in [-0.39, 0.29) is 16.3 Å². The number of carbonyl (C=O) groups is 1. The molecule has 0 atom stereocenters. The Bertz CT molecular complexity index is 430. The highest BCUT2D eigenvalue weighted by atomic mass is 35.5. The third-order valence-electron chi connectivity index (χ3n) is 2.27. The second-order valence-corrected chi connectivity index (χ2v) is 4.10. The largest absolute Gasteiger partial charge is 0.491 e. The number of alkyl halides is 3. The molecule has 0 aromatic heterocycles. The summed E-state index contributed by atoms with van der Waals surface area (Å²) in [6, 6.07) is 1.50. The fourth-order valence-electron chi connectivity index (χ4n) is 1.34. The van der Waals surface area contributed by atoms with Crippen LogP contribution in [0.3, 0.4) is 0 Å². The van der Waals surface area contributed by atoms with Gasteiger partial charge in [0.15, 0.2) is 6.29 Å². The highest BCUT2D eigenvalue weighted by Gasteiger charge is 2.32. The molecule has 0 saturated carbocycles. The van der Waals surface area contributed by atoms with Gasteiger partial charge in [-0.25, -0.2) is 0 Å². The molecule has 1 aromatic carbocycles. The van der Waals surface area contributed by atoms with Gasteiger partial charge in [-0.05, 0) is 18.6 Å². The normalized spacial score (nSPS) is 11.4. The smallest absolute Gasteiger partial charge is 0.416 e. The number of hydrogen-bond acceptors (Lipinski definition) is 2. The highest BCUT2D eigenvalue weighted by molar-refractivity contribution is 6.32. The standard InChI is InChI=1S/C12H12ClF3O2/c1-2-3-4-18-11-8(7-17)5-9(6-10(11)13)12(14,15)16/h5-7H,2-4H2,1H3. The molecule has 0 saturated heterocycles. The monoisotopic (exact) mass is 280 g/mol. The number of rotatable bonds is 5. The zero-order valence-corrected chi connectivity index (χ0v) is 10.4. The molecule has 0 unspecified atom stereocenters. The lowest BCUT2D eigenvalue weighted by atomic mass is 10.1. The van der Waals surface area contributed by atoms with Gasteiger partial charge in [0, 0.05) is 0 Å². The first-order valence-electron chi connectivity index (χ1n) is 5.38. The van der Waals surface area contributed by atoms with Crippen molar-refractivity contribution >= 4 is 17.9 Å². The van der Waals surface area contributed by atoms with E-state index in [2.05, 4.69) is 0 Å². The maximum Gasteiger partial charge on any atom is 0.416 e. The lowest BCUT2D eigenvalue weighted by molar-refractivity contribution is -0.137. The first-order valence-corrected chi connectivity index (χ1v) is 5.76. The summed E-state index contributed by atoms with van der Waals surface area (Å²) in [5.74, 6) is 0.00752. The summed E-state index contributed by atoms with van der Waals surface area (Å²) in [5, 5.41) is -0.206. The number of ether oxygens (including phenoxy) is 1. The van der Waals surface area contributed by atoms with Crippen LogP contribution in [-0.4, -0.2) is 12.9 Å². The molecule has 0 amide bonds. The van der Waals surface area contributed by atoms with E-state index < -0.39 is 11.7 Å². The van der Waals surface area contributed by atoms with Gasteiger partial charge in [0.2, 0.25) is 0 Å². The van der Waals surface area contributed by atoms with Crippen LogP contribution in [-0.2, 0) is 6.18 Å². The maximum atomic E-state index is 12.5. The van der Waals surface area contributed by atoms with Crippen molar-refractivity contribution in [2.24, 2.45) is 0 Å². The van der Waals surface area contributed by atoms with Crippen LogP contribution in [0.2, 0.25) is 5.02 Å². The Kier molecular flexibility index (Phi) is 5.02. The Labute approximate surface area is 108 Å². The predicted molar refractivity (Wildman–Crippen MR) is 62.2 cm³/mol. The Morgan fingerprint density at radius 2 is 2.06 bits per heavy atom. The van der Waals surface area contributed by atoms with Gasteiger partial charge in [-0.2, -0.15) is 13.2 Å². The molecule has 0 aliphatic carbocycles. The minimum absolute atomic E-state index is 0.00752. The van der Waals surface area contributed by atoms with Gasteiger partial charge in [-0.3, -0.25) is 4.79 Å². The van der Waals surface area contributed by atoms with Crippen molar-refractivity contribution in [2.75, 3.05) is 6.61 Å². The number of benzene rings is 1. The molecule has 6 heteroatoms. The van der Waals surface area contributed by atoms with Crippen LogP contribution in [0.5, 0.6) is 5.75 Å². The molecule has 0 aliphatic rings. The lowest BCUT2D eigenvalue weighted by Crippen LogP contribution is -2.08. The van der Waals surface area contributed by atoms with Crippen LogP contribution in [0.15, 0.2) is 12.1 Å². The van der Waals surface area contributed by atoms with E-state index in [1.54, 1.807) is 0 Å². The SMILES string of the molecule is CCCCOc1c(Cl)cc(C(F)(F)F)cc1C=O. The van der Waals surface area contributed by atoms with Crippen molar-refractivity contribution in [3.05, 3.63) is 28.3 Å². The van der Waals surface area contributed by atoms with Crippen LogP contribution >= 0.6 is 11.6 Å². The zero-order chi connectivity index (χ0) is 13.8. The van der Waals surface area contributed by atoms with Gasteiger partial charge in [0.1, 0.15) is 5.75 Å². The van der Waals surface area contributed by atoms with Crippen LogP contribution in [0.25, 0.3) is 0 Å². The Hall–Kier alpha value is -1.23. The molecule has 0 bridgehead atoms. The summed E-state index contributed by atoms with van der Waals surface area (Å²) in [6.45, 7) is 2.25. The molecule has 100 valence electrons. The quantitative estimate of drug-likeness (QED) is 0.592. The van der Waals surface area contributed by atoms with Crippen molar-refractivity contribution in [1.82, 2.24) is 0 Å². The summed E-state index contributed by atoms with van der Waals surface area (Å²) >= 11 is 5.71. The second-order valence-electron chi connectivity index (χ2n) is 3.69. The van der Waals surface area contributed by atoms with E-state index in [4.69, 9.17) is 16.3 Å². The molecule has 0 spiro atoms. The average molecular weight is 281 g/mol. The molecule has 1 rings (SSSR count). The van der Waals surface area contributed by atoms with E-state index in [1.165, 1.54) is 0 Å². The number of unbranched alkanes of at least 4 members (excludes halogenated alkanes) is 1. The van der Waals surface area contributed by atoms with E-state index in [9.17, 15) is 18.0 Å². The molecule has 0 heterocycles. The van der Waals surface area contributed by atoms with Crippen molar-refractivity contribution < 1.29 is 22.7 Å². The summed E-state index contributed by atoms with van der Waals surface area (Å²) in [5.41, 5.74) is -1.15. The van der Waals surface area contributed by atoms with Crippen LogP contribution in [0.4, 0.5) is 13.2 Å². The van der Waals surface area contributed by atoms with Crippen LogP contribution < -0.4 is 4.74 Å². The fourth-order valence-corrected chi connectivity index (χ4v) is 1.62. The lowest BCUT2D eigenvalue weighted by Gasteiger charge is -2.13. The van der Waals surface area contributed by atoms with E-state index in [1.807, 2.05) is 6.92 Å². The highest BCUT2D eigenvalue weighted by Crippen LogP contribution is 2.37. The number of hydrogen-bond donors (Lipinski definition) is 0. The third-order valence-corrected chi connectivity index (χ3v) is 2.55. The molecule has 0 N–H and O–H groups in total. The summed E-state index contributed by atoms with van der Waals surface area (Å²) in [7, 11) is 0. The van der Waals surface area contributed by atoms with E-state index in [0.29, 0.717) is 12.9 Å². The second kappa shape index (κ2) is 6.09. The number of halogens is 4. The van der Waals surface area contributed by atoms with Gasteiger partial charge < -0.3 is 4.74 Å². The summed E-state index contributed by atoms with van der Waals surface area (Å²) in [4.78, 5) is 10.8. The number of aldehydes is 1.